The van der Waals surface area contributed by atoms with Crippen LogP contribution < -0.4 is 0 Å². The molecule has 3 rings (SSSR count). The average molecular weight is 295 g/mol. The summed E-state index contributed by atoms with van der Waals surface area (Å²) in [5.74, 6) is 0. The van der Waals surface area contributed by atoms with Crippen molar-refractivity contribution in [2.24, 2.45) is 0 Å². The lowest BCUT2D eigenvalue weighted by Crippen LogP contribution is -1.95. The number of hydrogen-bond donors (Lipinski definition) is 0. The Morgan fingerprint density at radius 1 is 0.810 bits per heavy atom. The molecular weight excluding hydrogens is 282 g/mol. The molecule has 3 nitrogen and oxygen atoms in total. The monoisotopic (exact) mass is 295 g/mol. The Bertz CT molecular complexity index is 900. The van der Waals surface area contributed by atoms with Gasteiger partial charge in [0.1, 0.15) is 0 Å². The molecule has 104 valence electrons. The van der Waals surface area contributed by atoms with Gasteiger partial charge in [-0.15, -0.1) is 0 Å². The van der Waals surface area contributed by atoms with Gasteiger partial charge in [0.15, 0.2) is 9.84 Å². The molecule has 0 N–H and O–H groups in total. The molecule has 0 radical (unpaired) electrons. The highest BCUT2D eigenvalue weighted by molar-refractivity contribution is 7.94. The van der Waals surface area contributed by atoms with Gasteiger partial charge in [0.2, 0.25) is 0 Å². The number of para-hydroxylation sites is 1. The maximum absolute atomic E-state index is 12.2. The summed E-state index contributed by atoms with van der Waals surface area (Å²) in [7, 11) is -3.43. The summed E-state index contributed by atoms with van der Waals surface area (Å²) in [4.78, 5) is 4.70. The van der Waals surface area contributed by atoms with Crippen LogP contribution in [0.2, 0.25) is 0 Å². The van der Waals surface area contributed by atoms with Crippen LogP contribution in [0.15, 0.2) is 77.0 Å². The first-order valence-corrected chi connectivity index (χ1v) is 8.04. The number of aromatic nitrogens is 1. The van der Waals surface area contributed by atoms with Crippen molar-refractivity contribution < 1.29 is 8.42 Å². The minimum absolute atomic E-state index is 0.280. The standard InChI is InChI=1S/C17H13NO2S/c19-21(20,16-7-2-1-3-8-16)13-12-15-11-10-14-6-4-5-9-17(14)18-15/h1-13H/b13-12-. The van der Waals surface area contributed by atoms with Gasteiger partial charge in [-0.25, -0.2) is 13.4 Å². The summed E-state index contributed by atoms with van der Waals surface area (Å²) in [6, 6.07) is 19.8. The van der Waals surface area contributed by atoms with Crippen molar-refractivity contribution in [3.05, 3.63) is 77.8 Å². The molecule has 0 saturated heterocycles. The molecular formula is C17H13NO2S. The van der Waals surface area contributed by atoms with Crippen molar-refractivity contribution in [1.82, 2.24) is 4.98 Å². The molecule has 2 aromatic carbocycles. The molecule has 0 bridgehead atoms. The summed E-state index contributed by atoms with van der Waals surface area (Å²) in [6.07, 6.45) is 1.52. The second-order valence-electron chi connectivity index (χ2n) is 4.59. The Balaban J connectivity index is 1.94. The van der Waals surface area contributed by atoms with Crippen LogP contribution in [0.25, 0.3) is 17.0 Å². The van der Waals surface area contributed by atoms with Crippen LogP contribution in [0.5, 0.6) is 0 Å². The number of benzene rings is 2. The van der Waals surface area contributed by atoms with Gasteiger partial charge < -0.3 is 0 Å². The summed E-state index contributed by atoms with van der Waals surface area (Å²) < 4.78 is 24.3. The molecule has 0 unspecified atom stereocenters. The van der Waals surface area contributed by atoms with Crippen LogP contribution in [0.3, 0.4) is 0 Å². The van der Waals surface area contributed by atoms with Crippen LogP contribution in [0.4, 0.5) is 0 Å². The lowest BCUT2D eigenvalue weighted by molar-refractivity contribution is 0.605. The van der Waals surface area contributed by atoms with E-state index in [0.29, 0.717) is 5.69 Å². The molecule has 3 aromatic rings. The van der Waals surface area contributed by atoms with Crippen molar-refractivity contribution in [2.75, 3.05) is 0 Å². The highest BCUT2D eigenvalue weighted by Gasteiger charge is 2.08. The van der Waals surface area contributed by atoms with E-state index in [9.17, 15) is 8.42 Å². The molecule has 0 aliphatic carbocycles. The van der Waals surface area contributed by atoms with Gasteiger partial charge in [-0.2, -0.15) is 0 Å². The molecule has 0 atom stereocenters. The Labute approximate surface area is 123 Å². The number of fused-ring (bicyclic) bond motifs is 1. The molecule has 0 aliphatic heterocycles. The Morgan fingerprint density at radius 2 is 1.52 bits per heavy atom. The zero-order valence-electron chi connectivity index (χ0n) is 11.2. The maximum Gasteiger partial charge on any atom is 0.199 e. The molecule has 4 heteroatoms. The van der Waals surface area contributed by atoms with Crippen molar-refractivity contribution in [3.8, 4) is 0 Å². The third kappa shape index (κ3) is 3.01. The van der Waals surface area contributed by atoms with E-state index in [4.69, 9.17) is 0 Å². The van der Waals surface area contributed by atoms with E-state index in [1.807, 2.05) is 30.3 Å². The van der Waals surface area contributed by atoms with E-state index >= 15 is 0 Å². The Hall–Kier alpha value is -2.46. The number of pyridine rings is 1. The molecule has 0 aliphatic rings. The fourth-order valence-corrected chi connectivity index (χ4v) is 3.03. The fourth-order valence-electron chi connectivity index (χ4n) is 2.02. The summed E-state index contributed by atoms with van der Waals surface area (Å²) >= 11 is 0. The highest BCUT2D eigenvalue weighted by Crippen LogP contribution is 2.15. The third-order valence-corrected chi connectivity index (χ3v) is 4.53. The van der Waals surface area contributed by atoms with Gasteiger partial charge in [0, 0.05) is 10.8 Å². The van der Waals surface area contributed by atoms with Crippen LogP contribution in [-0.2, 0) is 9.84 Å². The van der Waals surface area contributed by atoms with Crippen LogP contribution in [0.1, 0.15) is 5.69 Å². The first-order chi connectivity index (χ1) is 10.1. The minimum Gasteiger partial charge on any atom is -0.248 e. The summed E-state index contributed by atoms with van der Waals surface area (Å²) in [5, 5.41) is 2.22. The quantitative estimate of drug-likeness (QED) is 0.740. The van der Waals surface area contributed by atoms with Gasteiger partial charge in [0.25, 0.3) is 0 Å². The van der Waals surface area contributed by atoms with Crippen LogP contribution >= 0.6 is 0 Å². The fraction of sp³-hybridized carbons (Fsp3) is 0. The van der Waals surface area contributed by atoms with E-state index in [1.54, 1.807) is 36.4 Å². The lowest BCUT2D eigenvalue weighted by Gasteiger charge is -2.00. The van der Waals surface area contributed by atoms with Gasteiger partial charge in [0.05, 0.1) is 16.1 Å². The number of nitrogens with zero attached hydrogens (tertiary/aromatic N) is 1. The van der Waals surface area contributed by atoms with Crippen molar-refractivity contribution in [3.63, 3.8) is 0 Å². The van der Waals surface area contributed by atoms with Gasteiger partial charge >= 0.3 is 0 Å². The van der Waals surface area contributed by atoms with Gasteiger partial charge in [-0.05, 0) is 30.3 Å². The zero-order chi connectivity index (χ0) is 14.7. The van der Waals surface area contributed by atoms with Crippen molar-refractivity contribution in [1.29, 1.82) is 0 Å². The van der Waals surface area contributed by atoms with E-state index < -0.39 is 9.84 Å². The van der Waals surface area contributed by atoms with E-state index in [-0.39, 0.29) is 4.90 Å². The molecule has 1 heterocycles. The first-order valence-electron chi connectivity index (χ1n) is 6.49. The average Bonchev–Trinajstić information content (AvgIpc) is 2.54. The SMILES string of the molecule is O=S(=O)(/C=C\c1ccc2ccccc2n1)c1ccccc1. The summed E-state index contributed by atoms with van der Waals surface area (Å²) in [5.41, 5.74) is 1.46. The summed E-state index contributed by atoms with van der Waals surface area (Å²) in [6.45, 7) is 0. The lowest BCUT2D eigenvalue weighted by atomic mass is 10.2. The number of rotatable bonds is 3. The van der Waals surface area contributed by atoms with E-state index in [2.05, 4.69) is 4.98 Å². The number of hydrogen-bond acceptors (Lipinski definition) is 3. The zero-order valence-corrected chi connectivity index (χ0v) is 12.0. The van der Waals surface area contributed by atoms with E-state index in [1.165, 1.54) is 11.5 Å². The molecule has 0 spiro atoms. The van der Waals surface area contributed by atoms with Crippen LogP contribution in [-0.4, -0.2) is 13.4 Å². The Kier molecular flexibility index (Phi) is 3.54. The predicted octanol–water partition coefficient (Wildman–Crippen LogP) is 3.68. The predicted molar refractivity (Wildman–Crippen MR) is 84.4 cm³/mol. The van der Waals surface area contributed by atoms with E-state index in [0.717, 1.165) is 10.9 Å². The molecule has 1 aromatic heterocycles. The van der Waals surface area contributed by atoms with Crippen molar-refractivity contribution >= 4 is 26.8 Å². The smallest absolute Gasteiger partial charge is 0.199 e. The second kappa shape index (κ2) is 5.50. The van der Waals surface area contributed by atoms with Crippen molar-refractivity contribution in [2.45, 2.75) is 4.90 Å². The molecule has 0 saturated carbocycles. The second-order valence-corrected chi connectivity index (χ2v) is 6.42. The molecule has 0 fully saturated rings. The van der Waals surface area contributed by atoms with Crippen LogP contribution in [0, 0.1) is 0 Å². The first kappa shape index (κ1) is 13.5. The Morgan fingerprint density at radius 3 is 2.33 bits per heavy atom. The topological polar surface area (TPSA) is 47.0 Å². The third-order valence-electron chi connectivity index (χ3n) is 3.11. The van der Waals surface area contributed by atoms with Gasteiger partial charge in [-0.3, -0.25) is 0 Å². The normalized spacial score (nSPS) is 12.0. The highest BCUT2D eigenvalue weighted by atomic mass is 32.2. The largest absolute Gasteiger partial charge is 0.248 e. The number of sulfone groups is 1. The minimum atomic E-state index is -3.43. The maximum atomic E-state index is 12.2. The molecule has 21 heavy (non-hydrogen) atoms. The van der Waals surface area contributed by atoms with Gasteiger partial charge in [-0.1, -0.05) is 42.5 Å². The molecule has 0 amide bonds.